The molecule has 4 nitrogen and oxygen atoms in total. The fourth-order valence-electron chi connectivity index (χ4n) is 1.48. The van der Waals surface area contributed by atoms with Crippen LogP contribution >= 0.6 is 0 Å². The highest BCUT2D eigenvalue weighted by Crippen LogP contribution is 2.23. The molecule has 1 unspecified atom stereocenters. The molecule has 0 spiro atoms. The van der Waals surface area contributed by atoms with Gasteiger partial charge in [-0.15, -0.1) is 0 Å². The van der Waals surface area contributed by atoms with Crippen LogP contribution in [0.2, 0.25) is 0 Å². The first-order chi connectivity index (χ1) is 7.27. The largest absolute Gasteiger partial charge is 0.366 e. The van der Waals surface area contributed by atoms with E-state index in [1.807, 2.05) is 12.2 Å². The number of aromatic nitrogens is 1. The number of amides is 1. The first-order valence-corrected chi connectivity index (χ1v) is 4.70. The molecule has 2 rings (SSSR count). The van der Waals surface area contributed by atoms with Crippen LogP contribution in [0.15, 0.2) is 35.6 Å². The molecule has 0 saturated carbocycles. The van der Waals surface area contributed by atoms with E-state index in [-0.39, 0.29) is 6.04 Å². The second-order valence-electron chi connectivity index (χ2n) is 3.35. The van der Waals surface area contributed by atoms with E-state index in [4.69, 9.17) is 5.73 Å². The van der Waals surface area contributed by atoms with Gasteiger partial charge in [-0.3, -0.25) is 14.8 Å². The number of hydrogen-bond donors (Lipinski definition) is 1. The summed E-state index contributed by atoms with van der Waals surface area (Å²) in [4.78, 5) is 19.2. The van der Waals surface area contributed by atoms with Gasteiger partial charge < -0.3 is 5.73 Å². The number of primary amides is 1. The van der Waals surface area contributed by atoms with E-state index in [1.54, 1.807) is 18.5 Å². The van der Waals surface area contributed by atoms with Crippen LogP contribution in [0.25, 0.3) is 0 Å². The Labute approximate surface area is 87.5 Å². The average Bonchev–Trinajstić information content (AvgIpc) is 2.30. The van der Waals surface area contributed by atoms with E-state index in [0.717, 1.165) is 12.0 Å². The third-order valence-corrected chi connectivity index (χ3v) is 2.28. The van der Waals surface area contributed by atoms with Crippen molar-refractivity contribution in [1.29, 1.82) is 0 Å². The van der Waals surface area contributed by atoms with Crippen molar-refractivity contribution < 1.29 is 4.79 Å². The molecule has 15 heavy (non-hydrogen) atoms. The maximum atomic E-state index is 11.0. The van der Waals surface area contributed by atoms with E-state index in [2.05, 4.69) is 9.98 Å². The van der Waals surface area contributed by atoms with Crippen molar-refractivity contribution in [2.75, 3.05) is 0 Å². The van der Waals surface area contributed by atoms with Crippen LogP contribution in [0.5, 0.6) is 0 Å². The lowest BCUT2D eigenvalue weighted by Gasteiger charge is -2.12. The zero-order valence-corrected chi connectivity index (χ0v) is 8.13. The summed E-state index contributed by atoms with van der Waals surface area (Å²) in [5.41, 5.74) is 6.53. The van der Waals surface area contributed by atoms with E-state index >= 15 is 0 Å². The third kappa shape index (κ3) is 2.10. The third-order valence-electron chi connectivity index (χ3n) is 2.28. The molecule has 2 heterocycles. The van der Waals surface area contributed by atoms with Crippen LogP contribution < -0.4 is 5.73 Å². The van der Waals surface area contributed by atoms with Crippen LogP contribution in [0.4, 0.5) is 0 Å². The number of dihydropyridines is 1. The summed E-state index contributed by atoms with van der Waals surface area (Å²) >= 11 is 0. The minimum Gasteiger partial charge on any atom is -0.366 e. The fraction of sp³-hybridized carbons (Fsp3) is 0.182. The smallest absolute Gasteiger partial charge is 0.250 e. The highest BCUT2D eigenvalue weighted by atomic mass is 16.1. The molecule has 76 valence electrons. The number of hydrogen-bond acceptors (Lipinski definition) is 3. The van der Waals surface area contributed by atoms with Crippen molar-refractivity contribution >= 4 is 12.1 Å². The summed E-state index contributed by atoms with van der Waals surface area (Å²) in [6.45, 7) is 0. The van der Waals surface area contributed by atoms with Crippen LogP contribution in [0.1, 0.15) is 28.4 Å². The number of carbonyl (C=O) groups is 1. The zero-order chi connectivity index (χ0) is 10.7. The van der Waals surface area contributed by atoms with Gasteiger partial charge in [0.15, 0.2) is 0 Å². The standard InChI is InChI=1S/C11H11N3O/c12-11(15)9-5-8(6-13-7-9)10-3-1-2-4-14-10/h1-2,4-7,10H,3H2,(H2,12,15). The van der Waals surface area contributed by atoms with Crippen molar-refractivity contribution in [1.82, 2.24) is 4.98 Å². The summed E-state index contributed by atoms with van der Waals surface area (Å²) in [5.74, 6) is -0.459. The summed E-state index contributed by atoms with van der Waals surface area (Å²) in [6, 6.07) is 1.80. The number of aliphatic imine (C=N–C) groups is 1. The molecule has 0 bridgehead atoms. The molecule has 0 radical (unpaired) electrons. The van der Waals surface area contributed by atoms with Gasteiger partial charge >= 0.3 is 0 Å². The Bertz CT molecular complexity index is 437. The van der Waals surface area contributed by atoms with Gasteiger partial charge in [-0.05, 0) is 24.1 Å². The number of rotatable bonds is 2. The molecule has 1 aromatic rings. The van der Waals surface area contributed by atoms with Crippen molar-refractivity contribution in [2.45, 2.75) is 12.5 Å². The van der Waals surface area contributed by atoms with E-state index < -0.39 is 5.91 Å². The Morgan fingerprint density at radius 3 is 3.00 bits per heavy atom. The predicted octanol–water partition coefficient (Wildman–Crippen LogP) is 1.25. The molecule has 4 heteroatoms. The Balaban J connectivity index is 2.28. The van der Waals surface area contributed by atoms with E-state index in [9.17, 15) is 4.79 Å². The normalized spacial score (nSPS) is 19.1. The van der Waals surface area contributed by atoms with Crippen molar-refractivity contribution in [3.8, 4) is 0 Å². The highest BCUT2D eigenvalue weighted by Gasteiger charge is 2.11. The van der Waals surface area contributed by atoms with Gasteiger partial charge in [0.2, 0.25) is 5.91 Å². The summed E-state index contributed by atoms with van der Waals surface area (Å²) in [5, 5.41) is 0. The molecule has 0 aliphatic carbocycles. The van der Waals surface area contributed by atoms with Gasteiger partial charge in [0.1, 0.15) is 0 Å². The second-order valence-corrected chi connectivity index (χ2v) is 3.35. The molecular formula is C11H11N3O. The van der Waals surface area contributed by atoms with Crippen molar-refractivity contribution in [2.24, 2.45) is 10.7 Å². The van der Waals surface area contributed by atoms with Crippen molar-refractivity contribution in [3.05, 3.63) is 41.7 Å². The predicted molar refractivity (Wildman–Crippen MR) is 57.7 cm³/mol. The van der Waals surface area contributed by atoms with Gasteiger partial charge in [-0.2, -0.15) is 0 Å². The zero-order valence-electron chi connectivity index (χ0n) is 8.13. The Kier molecular flexibility index (Phi) is 2.58. The van der Waals surface area contributed by atoms with Crippen LogP contribution in [-0.4, -0.2) is 17.1 Å². The molecule has 1 aromatic heterocycles. The Hall–Kier alpha value is -1.97. The molecule has 1 amide bonds. The molecule has 1 aliphatic rings. The topological polar surface area (TPSA) is 68.3 Å². The molecule has 2 N–H and O–H groups in total. The number of nitrogens with zero attached hydrogens (tertiary/aromatic N) is 2. The first kappa shape index (κ1) is 9.58. The monoisotopic (exact) mass is 201 g/mol. The molecular weight excluding hydrogens is 190 g/mol. The Morgan fingerprint density at radius 2 is 2.33 bits per heavy atom. The quantitative estimate of drug-likeness (QED) is 0.782. The van der Waals surface area contributed by atoms with Gasteiger partial charge in [-0.1, -0.05) is 6.08 Å². The van der Waals surface area contributed by atoms with Gasteiger partial charge in [0, 0.05) is 18.6 Å². The molecule has 0 fully saturated rings. The number of nitrogens with two attached hydrogens (primary N) is 1. The lowest BCUT2D eigenvalue weighted by molar-refractivity contribution is 0.1000. The van der Waals surface area contributed by atoms with Crippen LogP contribution in [0, 0.1) is 0 Å². The minimum absolute atomic E-state index is 0.0572. The van der Waals surface area contributed by atoms with Crippen LogP contribution in [-0.2, 0) is 0 Å². The van der Waals surface area contributed by atoms with E-state index in [0.29, 0.717) is 5.56 Å². The summed E-state index contributed by atoms with van der Waals surface area (Å²) in [6.07, 6.45) is 9.71. The van der Waals surface area contributed by atoms with Crippen LogP contribution in [0.3, 0.4) is 0 Å². The average molecular weight is 201 g/mol. The highest BCUT2D eigenvalue weighted by molar-refractivity contribution is 5.92. The molecule has 0 saturated heterocycles. The van der Waals surface area contributed by atoms with Gasteiger partial charge in [0.05, 0.1) is 11.6 Å². The Morgan fingerprint density at radius 1 is 1.47 bits per heavy atom. The van der Waals surface area contributed by atoms with Gasteiger partial charge in [0.25, 0.3) is 0 Å². The van der Waals surface area contributed by atoms with Gasteiger partial charge in [-0.25, -0.2) is 0 Å². The summed E-state index contributed by atoms with van der Waals surface area (Å²) < 4.78 is 0. The maximum Gasteiger partial charge on any atom is 0.250 e. The molecule has 0 aromatic carbocycles. The molecule has 1 aliphatic heterocycles. The lowest BCUT2D eigenvalue weighted by atomic mass is 10.0. The first-order valence-electron chi connectivity index (χ1n) is 4.70. The van der Waals surface area contributed by atoms with Crippen molar-refractivity contribution in [3.63, 3.8) is 0 Å². The fourth-order valence-corrected chi connectivity index (χ4v) is 1.48. The summed E-state index contributed by atoms with van der Waals surface area (Å²) in [7, 11) is 0. The number of pyridine rings is 1. The van der Waals surface area contributed by atoms with E-state index in [1.165, 1.54) is 6.20 Å². The minimum atomic E-state index is -0.459. The molecule has 1 atom stereocenters. The second kappa shape index (κ2) is 4.04. The number of allylic oxidation sites excluding steroid dienone is 1. The number of carbonyl (C=O) groups excluding carboxylic acids is 1. The SMILES string of the molecule is NC(=O)c1cncc(C2CC=CC=N2)c1. The lowest BCUT2D eigenvalue weighted by Crippen LogP contribution is -2.12. The maximum absolute atomic E-state index is 11.0.